The van der Waals surface area contributed by atoms with Gasteiger partial charge in [0.1, 0.15) is 0 Å². The average molecular weight is 282 g/mol. The second-order valence-corrected chi connectivity index (χ2v) is 6.34. The Morgan fingerprint density at radius 2 is 1.85 bits per heavy atom. The predicted octanol–water partition coefficient (Wildman–Crippen LogP) is 5.47. The lowest BCUT2D eigenvalue weighted by molar-refractivity contribution is 0.869. The Morgan fingerprint density at radius 3 is 2.60 bits per heavy atom. The zero-order valence-corrected chi connectivity index (χ0v) is 12.8. The molecule has 0 unspecified atom stereocenters. The number of anilines is 2. The molecule has 0 amide bonds. The molecule has 1 heterocycles. The molecule has 0 aliphatic carbocycles. The number of nitrogens with one attached hydrogen (secondary N) is 1. The fourth-order valence-corrected chi connectivity index (χ4v) is 3.33. The molecule has 3 aromatic rings. The minimum atomic E-state index is 0.495. The van der Waals surface area contributed by atoms with E-state index < -0.39 is 0 Å². The van der Waals surface area contributed by atoms with Crippen LogP contribution in [-0.4, -0.2) is 4.98 Å². The van der Waals surface area contributed by atoms with Crippen LogP contribution in [0, 0.1) is 6.92 Å². The zero-order valence-electron chi connectivity index (χ0n) is 12.0. The lowest BCUT2D eigenvalue weighted by atomic mass is 10.0. The van der Waals surface area contributed by atoms with E-state index in [9.17, 15) is 0 Å². The molecule has 1 aromatic heterocycles. The van der Waals surface area contributed by atoms with Crippen LogP contribution in [0.15, 0.2) is 42.5 Å². The van der Waals surface area contributed by atoms with Crippen LogP contribution < -0.4 is 5.32 Å². The fraction of sp³-hybridized carbons (Fsp3) is 0.235. The second kappa shape index (κ2) is 5.25. The molecule has 0 saturated heterocycles. The Morgan fingerprint density at radius 1 is 1.05 bits per heavy atom. The first-order valence-corrected chi connectivity index (χ1v) is 7.69. The molecule has 0 saturated carbocycles. The van der Waals surface area contributed by atoms with Crippen LogP contribution in [0.3, 0.4) is 0 Å². The Balaban J connectivity index is 1.99. The lowest BCUT2D eigenvalue weighted by Crippen LogP contribution is -1.97. The predicted molar refractivity (Wildman–Crippen MR) is 88.2 cm³/mol. The number of hydrogen-bond donors (Lipinski definition) is 1. The first kappa shape index (κ1) is 13.1. The molecule has 1 N–H and O–H groups in total. The van der Waals surface area contributed by atoms with Crippen molar-refractivity contribution in [3.8, 4) is 0 Å². The van der Waals surface area contributed by atoms with Crippen molar-refractivity contribution < 1.29 is 0 Å². The van der Waals surface area contributed by atoms with Gasteiger partial charge in [-0.3, -0.25) is 0 Å². The third kappa shape index (κ3) is 2.41. The number of fused-ring (bicyclic) bond motifs is 1. The van der Waals surface area contributed by atoms with E-state index in [2.05, 4.69) is 68.6 Å². The molecule has 0 bridgehead atoms. The van der Waals surface area contributed by atoms with Crippen molar-refractivity contribution in [3.63, 3.8) is 0 Å². The van der Waals surface area contributed by atoms with E-state index in [0.717, 1.165) is 16.3 Å². The van der Waals surface area contributed by atoms with Crippen LogP contribution in [0.1, 0.15) is 30.9 Å². The van der Waals surface area contributed by atoms with E-state index in [1.54, 1.807) is 11.3 Å². The smallest absolute Gasteiger partial charge is 0.188 e. The Hall–Kier alpha value is -1.87. The zero-order chi connectivity index (χ0) is 14.1. The number of thiazole rings is 1. The quantitative estimate of drug-likeness (QED) is 0.688. The SMILES string of the molecule is Cc1cccc2sc(Nc3ccccc3C(C)C)nc12. The Bertz CT molecular complexity index is 744. The highest BCUT2D eigenvalue weighted by Gasteiger charge is 2.09. The topological polar surface area (TPSA) is 24.9 Å². The van der Waals surface area contributed by atoms with Crippen LogP contribution >= 0.6 is 11.3 Å². The van der Waals surface area contributed by atoms with E-state index in [0.29, 0.717) is 5.92 Å². The number of rotatable bonds is 3. The molecule has 20 heavy (non-hydrogen) atoms. The van der Waals surface area contributed by atoms with Gasteiger partial charge >= 0.3 is 0 Å². The Labute approximate surface area is 123 Å². The van der Waals surface area contributed by atoms with Crippen molar-refractivity contribution in [2.45, 2.75) is 26.7 Å². The van der Waals surface area contributed by atoms with E-state index in [4.69, 9.17) is 4.98 Å². The van der Waals surface area contributed by atoms with Gasteiger partial charge in [0.05, 0.1) is 10.2 Å². The number of aryl methyl sites for hydroxylation is 1. The highest BCUT2D eigenvalue weighted by molar-refractivity contribution is 7.22. The third-order valence-electron chi connectivity index (χ3n) is 3.45. The number of aromatic nitrogens is 1. The van der Waals surface area contributed by atoms with E-state index in [-0.39, 0.29) is 0 Å². The van der Waals surface area contributed by atoms with E-state index in [1.165, 1.54) is 15.8 Å². The maximum absolute atomic E-state index is 4.72. The van der Waals surface area contributed by atoms with Gasteiger partial charge in [-0.1, -0.05) is 55.5 Å². The molecule has 102 valence electrons. The summed E-state index contributed by atoms with van der Waals surface area (Å²) in [5.74, 6) is 0.495. The van der Waals surface area contributed by atoms with Crippen LogP contribution in [-0.2, 0) is 0 Å². The summed E-state index contributed by atoms with van der Waals surface area (Å²) in [6, 6.07) is 14.8. The molecule has 3 heteroatoms. The van der Waals surface area contributed by atoms with Crippen molar-refractivity contribution in [1.29, 1.82) is 0 Å². The van der Waals surface area contributed by atoms with E-state index >= 15 is 0 Å². The minimum Gasteiger partial charge on any atom is -0.331 e. The largest absolute Gasteiger partial charge is 0.331 e. The molecular formula is C17H18N2S. The summed E-state index contributed by atoms with van der Waals surface area (Å²) in [6.45, 7) is 6.53. The summed E-state index contributed by atoms with van der Waals surface area (Å²) in [7, 11) is 0. The molecule has 0 aliphatic heterocycles. The number of para-hydroxylation sites is 2. The Kier molecular flexibility index (Phi) is 3.45. The van der Waals surface area contributed by atoms with Gasteiger partial charge in [-0.25, -0.2) is 4.98 Å². The summed E-state index contributed by atoms with van der Waals surface area (Å²) in [6.07, 6.45) is 0. The highest BCUT2D eigenvalue weighted by atomic mass is 32.1. The summed E-state index contributed by atoms with van der Waals surface area (Å²) >= 11 is 1.70. The first-order chi connectivity index (χ1) is 9.65. The molecule has 0 atom stereocenters. The summed E-state index contributed by atoms with van der Waals surface area (Å²) in [5, 5.41) is 4.44. The molecular weight excluding hydrogens is 264 g/mol. The van der Waals surface area contributed by atoms with Gasteiger partial charge in [0.2, 0.25) is 0 Å². The molecule has 2 aromatic carbocycles. The van der Waals surface area contributed by atoms with Crippen LogP contribution in [0.25, 0.3) is 10.2 Å². The number of hydrogen-bond acceptors (Lipinski definition) is 3. The van der Waals surface area contributed by atoms with Gasteiger partial charge in [0.15, 0.2) is 5.13 Å². The standard InChI is InChI=1S/C17H18N2S/c1-11(2)13-8-4-5-9-14(13)18-17-19-16-12(3)7-6-10-15(16)20-17/h4-11H,1-3H3,(H,18,19). The van der Waals surface area contributed by atoms with E-state index in [1.807, 2.05) is 0 Å². The van der Waals surface area contributed by atoms with Gasteiger partial charge in [-0.05, 0) is 36.1 Å². The fourth-order valence-electron chi connectivity index (χ4n) is 2.37. The normalized spacial score (nSPS) is 11.2. The maximum Gasteiger partial charge on any atom is 0.188 e. The van der Waals surface area contributed by atoms with Crippen molar-refractivity contribution in [3.05, 3.63) is 53.6 Å². The van der Waals surface area contributed by atoms with Gasteiger partial charge in [0.25, 0.3) is 0 Å². The summed E-state index contributed by atoms with van der Waals surface area (Å²) in [4.78, 5) is 4.72. The summed E-state index contributed by atoms with van der Waals surface area (Å²) < 4.78 is 1.23. The van der Waals surface area contributed by atoms with Crippen molar-refractivity contribution in [1.82, 2.24) is 4.98 Å². The van der Waals surface area contributed by atoms with Gasteiger partial charge in [-0.2, -0.15) is 0 Å². The van der Waals surface area contributed by atoms with Crippen LogP contribution in [0.2, 0.25) is 0 Å². The van der Waals surface area contributed by atoms with Gasteiger partial charge in [-0.15, -0.1) is 0 Å². The van der Waals surface area contributed by atoms with Crippen LogP contribution in [0.4, 0.5) is 10.8 Å². The first-order valence-electron chi connectivity index (χ1n) is 6.87. The molecule has 0 fully saturated rings. The summed E-state index contributed by atoms with van der Waals surface area (Å²) in [5.41, 5.74) is 4.80. The number of nitrogens with zero attached hydrogens (tertiary/aromatic N) is 1. The molecule has 0 radical (unpaired) electrons. The lowest BCUT2D eigenvalue weighted by Gasteiger charge is -2.12. The molecule has 0 spiro atoms. The second-order valence-electron chi connectivity index (χ2n) is 5.31. The average Bonchev–Trinajstić information content (AvgIpc) is 2.83. The highest BCUT2D eigenvalue weighted by Crippen LogP contribution is 2.32. The molecule has 3 rings (SSSR count). The molecule has 2 nitrogen and oxygen atoms in total. The van der Waals surface area contributed by atoms with Crippen molar-refractivity contribution in [2.75, 3.05) is 5.32 Å². The minimum absolute atomic E-state index is 0.495. The maximum atomic E-state index is 4.72. The number of benzene rings is 2. The van der Waals surface area contributed by atoms with Crippen LogP contribution in [0.5, 0.6) is 0 Å². The van der Waals surface area contributed by atoms with Gasteiger partial charge < -0.3 is 5.32 Å². The molecule has 0 aliphatic rings. The van der Waals surface area contributed by atoms with Gasteiger partial charge in [0, 0.05) is 5.69 Å². The third-order valence-corrected chi connectivity index (χ3v) is 4.38. The van der Waals surface area contributed by atoms with Crippen molar-refractivity contribution in [2.24, 2.45) is 0 Å². The van der Waals surface area contributed by atoms with Crippen molar-refractivity contribution >= 4 is 32.4 Å². The monoisotopic (exact) mass is 282 g/mol.